The minimum absolute atomic E-state index is 0.124. The number of allylic oxidation sites excluding steroid dienone is 1. The molecule has 0 amide bonds. The lowest BCUT2D eigenvalue weighted by Gasteiger charge is -2.58. The predicted octanol–water partition coefficient (Wildman–Crippen LogP) is 5.32. The fraction of sp³-hybridized carbons (Fsp3) is 0.741. The Morgan fingerprint density at radius 1 is 1.13 bits per heavy atom. The largest absolute Gasteiger partial charge is 0.393 e. The number of aryl methyl sites for hydroxylation is 1. The molecule has 1 heterocycles. The molecule has 3 nitrogen and oxygen atoms in total. The van der Waals surface area contributed by atoms with Gasteiger partial charge in [0, 0.05) is 12.4 Å². The van der Waals surface area contributed by atoms with Crippen LogP contribution in [0.25, 0.3) is 0 Å². The Morgan fingerprint density at radius 2 is 2.00 bits per heavy atom. The van der Waals surface area contributed by atoms with E-state index in [0.717, 1.165) is 49.9 Å². The van der Waals surface area contributed by atoms with Crippen LogP contribution in [0.3, 0.4) is 0 Å². The molecule has 30 heavy (non-hydrogen) atoms. The highest BCUT2D eigenvalue weighted by atomic mass is 16.3. The average molecular weight is 410 g/mol. The van der Waals surface area contributed by atoms with Crippen molar-refractivity contribution in [2.45, 2.75) is 90.3 Å². The third-order valence-corrected chi connectivity index (χ3v) is 10.1. The SMILES string of the molecule is C[C@]12CC[C@H]3[C@@H](CC=C4C[C@@H](O)CC[C@@]43C)[C@@H]1CC[C@@H]2C(O)CCc1cccnc1. The van der Waals surface area contributed by atoms with Gasteiger partial charge >= 0.3 is 0 Å². The van der Waals surface area contributed by atoms with E-state index in [1.807, 2.05) is 18.5 Å². The summed E-state index contributed by atoms with van der Waals surface area (Å²) in [4.78, 5) is 4.23. The zero-order chi connectivity index (χ0) is 20.9. The summed E-state index contributed by atoms with van der Waals surface area (Å²) in [6, 6.07) is 4.11. The van der Waals surface area contributed by atoms with Crippen LogP contribution in [0.5, 0.6) is 0 Å². The van der Waals surface area contributed by atoms with Gasteiger partial charge in [-0.25, -0.2) is 0 Å². The lowest BCUT2D eigenvalue weighted by Crippen LogP contribution is -2.51. The number of hydrogen-bond donors (Lipinski definition) is 2. The molecule has 3 heteroatoms. The summed E-state index contributed by atoms with van der Waals surface area (Å²) < 4.78 is 0. The van der Waals surface area contributed by atoms with Crippen LogP contribution in [-0.2, 0) is 6.42 Å². The van der Waals surface area contributed by atoms with Gasteiger partial charge in [0.05, 0.1) is 12.2 Å². The monoisotopic (exact) mass is 409 g/mol. The summed E-state index contributed by atoms with van der Waals surface area (Å²) in [6.45, 7) is 5.00. The van der Waals surface area contributed by atoms with E-state index >= 15 is 0 Å². The van der Waals surface area contributed by atoms with Gasteiger partial charge in [0.25, 0.3) is 0 Å². The molecule has 4 aliphatic carbocycles. The van der Waals surface area contributed by atoms with Crippen molar-refractivity contribution in [2.24, 2.45) is 34.5 Å². The second-order valence-corrected chi connectivity index (χ2v) is 11.4. The topological polar surface area (TPSA) is 53.4 Å². The van der Waals surface area contributed by atoms with Crippen LogP contribution in [0.2, 0.25) is 0 Å². The molecule has 1 aromatic rings. The van der Waals surface area contributed by atoms with E-state index in [0.29, 0.717) is 11.3 Å². The summed E-state index contributed by atoms with van der Waals surface area (Å²) in [5.74, 6) is 2.72. The van der Waals surface area contributed by atoms with E-state index < -0.39 is 0 Å². The van der Waals surface area contributed by atoms with E-state index in [2.05, 4.69) is 31.0 Å². The highest BCUT2D eigenvalue weighted by molar-refractivity contribution is 5.25. The molecule has 0 aromatic carbocycles. The van der Waals surface area contributed by atoms with Crippen molar-refractivity contribution in [3.05, 3.63) is 41.7 Å². The smallest absolute Gasteiger partial charge is 0.0577 e. The quantitative estimate of drug-likeness (QED) is 0.662. The van der Waals surface area contributed by atoms with Crippen molar-refractivity contribution >= 4 is 0 Å². The Bertz CT molecular complexity index is 791. The maximum atomic E-state index is 11.2. The Balaban J connectivity index is 1.31. The lowest BCUT2D eigenvalue weighted by atomic mass is 9.47. The van der Waals surface area contributed by atoms with Crippen LogP contribution in [0.15, 0.2) is 36.2 Å². The van der Waals surface area contributed by atoms with Crippen LogP contribution in [-0.4, -0.2) is 27.4 Å². The Morgan fingerprint density at radius 3 is 2.80 bits per heavy atom. The van der Waals surface area contributed by atoms with Gasteiger partial charge in [-0.05, 0) is 110 Å². The summed E-state index contributed by atoms with van der Waals surface area (Å²) in [7, 11) is 0. The Hall–Kier alpha value is -1.19. The first-order chi connectivity index (χ1) is 14.4. The number of fused-ring (bicyclic) bond motifs is 5. The number of aliphatic hydroxyl groups excluding tert-OH is 2. The molecule has 164 valence electrons. The van der Waals surface area contributed by atoms with Crippen LogP contribution in [0.4, 0.5) is 0 Å². The summed E-state index contributed by atoms with van der Waals surface area (Å²) in [5, 5.41) is 21.4. The molecule has 1 aromatic heterocycles. The van der Waals surface area contributed by atoms with Crippen molar-refractivity contribution in [3.63, 3.8) is 0 Å². The highest BCUT2D eigenvalue weighted by Gasteiger charge is 2.59. The summed E-state index contributed by atoms with van der Waals surface area (Å²) in [6.07, 6.45) is 17.0. The molecule has 2 N–H and O–H groups in total. The molecule has 3 saturated carbocycles. The molecule has 0 spiro atoms. The summed E-state index contributed by atoms with van der Waals surface area (Å²) >= 11 is 0. The number of rotatable bonds is 4. The molecule has 3 fully saturated rings. The third kappa shape index (κ3) is 3.28. The van der Waals surface area contributed by atoms with Gasteiger partial charge in [-0.15, -0.1) is 0 Å². The molecule has 0 saturated heterocycles. The molecule has 1 unspecified atom stereocenters. The zero-order valence-electron chi connectivity index (χ0n) is 18.8. The van der Waals surface area contributed by atoms with Gasteiger partial charge in [-0.1, -0.05) is 31.6 Å². The van der Waals surface area contributed by atoms with Gasteiger partial charge in [0.15, 0.2) is 0 Å². The fourth-order valence-corrected chi connectivity index (χ4v) is 8.38. The second-order valence-electron chi connectivity index (χ2n) is 11.4. The van der Waals surface area contributed by atoms with Crippen molar-refractivity contribution in [2.75, 3.05) is 0 Å². The van der Waals surface area contributed by atoms with Gasteiger partial charge < -0.3 is 10.2 Å². The maximum absolute atomic E-state index is 11.2. The number of aromatic nitrogens is 1. The van der Waals surface area contributed by atoms with E-state index in [1.165, 1.54) is 37.7 Å². The van der Waals surface area contributed by atoms with Crippen molar-refractivity contribution in [3.8, 4) is 0 Å². The first-order valence-electron chi connectivity index (χ1n) is 12.4. The number of pyridine rings is 1. The molecule has 5 rings (SSSR count). The van der Waals surface area contributed by atoms with Gasteiger partial charge in [-0.2, -0.15) is 0 Å². The molecule has 0 radical (unpaired) electrons. The average Bonchev–Trinajstić information content (AvgIpc) is 3.10. The van der Waals surface area contributed by atoms with E-state index in [-0.39, 0.29) is 17.6 Å². The minimum atomic E-state index is -0.202. The molecule has 4 aliphatic rings. The van der Waals surface area contributed by atoms with Crippen molar-refractivity contribution in [1.29, 1.82) is 0 Å². The van der Waals surface area contributed by atoms with Crippen LogP contribution in [0.1, 0.15) is 77.2 Å². The van der Waals surface area contributed by atoms with E-state index in [1.54, 1.807) is 5.57 Å². The molecular formula is C27H39NO2. The summed E-state index contributed by atoms with van der Waals surface area (Å²) in [5.41, 5.74) is 3.38. The zero-order valence-corrected chi connectivity index (χ0v) is 18.8. The van der Waals surface area contributed by atoms with Crippen molar-refractivity contribution < 1.29 is 10.2 Å². The third-order valence-electron chi connectivity index (χ3n) is 10.1. The van der Waals surface area contributed by atoms with Crippen LogP contribution < -0.4 is 0 Å². The van der Waals surface area contributed by atoms with E-state index in [4.69, 9.17) is 0 Å². The van der Waals surface area contributed by atoms with Gasteiger partial charge in [0.1, 0.15) is 0 Å². The molecule has 8 atom stereocenters. The molecule has 0 aliphatic heterocycles. The first-order valence-corrected chi connectivity index (χ1v) is 12.4. The first kappa shape index (κ1) is 20.7. The standard InChI is InChI=1S/C27H39NO2/c1-26-13-11-20(29)16-19(26)6-7-21-22-8-9-24(27(22,2)14-12-23(21)26)25(30)10-5-18-4-3-15-28-17-18/h3-4,6,15,17,20-25,29-30H,5,7-14,16H2,1-2H3/t20-,21-,22-,23-,24+,25?,26-,27-/m0/s1. The maximum Gasteiger partial charge on any atom is 0.0577 e. The number of aliphatic hydroxyl groups is 2. The Labute approximate surface area is 182 Å². The van der Waals surface area contributed by atoms with Crippen molar-refractivity contribution in [1.82, 2.24) is 4.98 Å². The highest BCUT2D eigenvalue weighted by Crippen LogP contribution is 2.66. The lowest BCUT2D eigenvalue weighted by molar-refractivity contribution is -0.0713. The molecule has 0 bridgehead atoms. The van der Waals surface area contributed by atoms with Gasteiger partial charge in [-0.3, -0.25) is 4.98 Å². The minimum Gasteiger partial charge on any atom is -0.393 e. The predicted molar refractivity (Wildman–Crippen MR) is 120 cm³/mol. The fourth-order valence-electron chi connectivity index (χ4n) is 8.38. The van der Waals surface area contributed by atoms with Crippen LogP contribution >= 0.6 is 0 Å². The second kappa shape index (κ2) is 7.74. The molecular weight excluding hydrogens is 370 g/mol. The normalized spacial score (nSPS) is 43.9. The van der Waals surface area contributed by atoms with E-state index in [9.17, 15) is 10.2 Å². The van der Waals surface area contributed by atoms with Gasteiger partial charge in [0.2, 0.25) is 0 Å². The van der Waals surface area contributed by atoms with Crippen LogP contribution in [0, 0.1) is 34.5 Å². The number of nitrogens with zero attached hydrogens (tertiary/aromatic N) is 1. The number of hydrogen-bond acceptors (Lipinski definition) is 3. The Kier molecular flexibility index (Phi) is 5.34.